The smallest absolute Gasteiger partial charge is 0.265 e. The second kappa shape index (κ2) is 6.82. The molecule has 0 aliphatic carbocycles. The Hall–Kier alpha value is -2.66. The SMILES string of the molecule is Cc1cccc(C)c1NC(=O)c1cc2c(s1)-c1ccc(F)cc1N(C)CC2. The van der Waals surface area contributed by atoms with Gasteiger partial charge in [0.05, 0.1) is 4.88 Å². The first-order valence-electron chi connectivity index (χ1n) is 8.95. The van der Waals surface area contributed by atoms with E-state index in [4.69, 9.17) is 0 Å². The first-order chi connectivity index (χ1) is 12.9. The summed E-state index contributed by atoms with van der Waals surface area (Å²) in [6.07, 6.45) is 0.829. The van der Waals surface area contributed by atoms with E-state index in [1.165, 1.54) is 17.4 Å². The maximum atomic E-state index is 13.7. The fourth-order valence-electron chi connectivity index (χ4n) is 3.56. The lowest BCUT2D eigenvalue weighted by Crippen LogP contribution is -2.19. The average molecular weight is 380 g/mol. The molecule has 1 N–H and O–H groups in total. The van der Waals surface area contributed by atoms with E-state index in [9.17, 15) is 9.18 Å². The van der Waals surface area contributed by atoms with Crippen LogP contribution in [0, 0.1) is 19.7 Å². The Morgan fingerprint density at radius 1 is 1.15 bits per heavy atom. The van der Waals surface area contributed by atoms with Gasteiger partial charge in [-0.05, 0) is 61.2 Å². The molecule has 3 nitrogen and oxygen atoms in total. The molecule has 0 radical (unpaired) electrons. The maximum Gasteiger partial charge on any atom is 0.265 e. The molecular weight excluding hydrogens is 359 g/mol. The molecule has 1 aliphatic heterocycles. The van der Waals surface area contributed by atoms with Gasteiger partial charge >= 0.3 is 0 Å². The topological polar surface area (TPSA) is 32.3 Å². The lowest BCUT2D eigenvalue weighted by molar-refractivity contribution is 0.103. The van der Waals surface area contributed by atoms with Crippen molar-refractivity contribution in [2.75, 3.05) is 23.8 Å². The predicted octanol–water partition coefficient (Wildman–Crippen LogP) is 5.42. The van der Waals surface area contributed by atoms with E-state index in [0.717, 1.165) is 51.5 Å². The summed E-state index contributed by atoms with van der Waals surface area (Å²) in [5.41, 5.74) is 5.96. The lowest BCUT2D eigenvalue weighted by atomic mass is 10.1. The fourth-order valence-corrected chi connectivity index (χ4v) is 4.70. The first-order valence-corrected chi connectivity index (χ1v) is 9.77. The second-order valence-corrected chi connectivity index (χ2v) is 8.07. The van der Waals surface area contributed by atoms with Crippen LogP contribution >= 0.6 is 11.3 Å². The minimum absolute atomic E-state index is 0.0949. The number of likely N-dealkylation sites (N-methyl/N-ethyl adjacent to an activating group) is 1. The third-order valence-corrected chi connectivity index (χ3v) is 6.29. The van der Waals surface area contributed by atoms with Crippen molar-refractivity contribution in [3.05, 3.63) is 69.8 Å². The Balaban J connectivity index is 1.71. The number of halogens is 1. The maximum absolute atomic E-state index is 13.7. The van der Waals surface area contributed by atoms with Crippen molar-refractivity contribution in [1.29, 1.82) is 0 Å². The number of carbonyl (C=O) groups excluding carboxylic acids is 1. The predicted molar refractivity (Wildman–Crippen MR) is 111 cm³/mol. The number of aryl methyl sites for hydroxylation is 2. The Morgan fingerprint density at radius 2 is 1.89 bits per heavy atom. The lowest BCUT2D eigenvalue weighted by Gasteiger charge is -2.19. The Labute approximate surface area is 162 Å². The van der Waals surface area contributed by atoms with Crippen LogP contribution in [-0.4, -0.2) is 19.5 Å². The molecule has 0 unspecified atom stereocenters. The molecule has 4 rings (SSSR count). The van der Waals surface area contributed by atoms with Gasteiger partial charge in [-0.3, -0.25) is 4.79 Å². The highest BCUT2D eigenvalue weighted by atomic mass is 32.1. The normalized spacial score (nSPS) is 13.0. The second-order valence-electron chi connectivity index (χ2n) is 7.02. The Morgan fingerprint density at radius 3 is 2.63 bits per heavy atom. The van der Waals surface area contributed by atoms with E-state index >= 15 is 0 Å². The van der Waals surface area contributed by atoms with Crippen LogP contribution < -0.4 is 10.2 Å². The minimum Gasteiger partial charge on any atom is -0.374 e. The first kappa shape index (κ1) is 17.7. The van der Waals surface area contributed by atoms with E-state index in [-0.39, 0.29) is 11.7 Å². The molecule has 2 aromatic carbocycles. The molecular formula is C22H21FN2OS. The van der Waals surface area contributed by atoms with E-state index in [1.54, 1.807) is 6.07 Å². The summed E-state index contributed by atoms with van der Waals surface area (Å²) in [6.45, 7) is 4.78. The van der Waals surface area contributed by atoms with E-state index in [2.05, 4.69) is 10.2 Å². The molecule has 0 fully saturated rings. The molecule has 27 heavy (non-hydrogen) atoms. The largest absolute Gasteiger partial charge is 0.374 e. The Bertz CT molecular complexity index is 1020. The van der Waals surface area contributed by atoms with E-state index in [1.807, 2.05) is 51.2 Å². The number of para-hydroxylation sites is 1. The zero-order valence-electron chi connectivity index (χ0n) is 15.6. The number of anilines is 2. The number of benzene rings is 2. The molecule has 1 aromatic heterocycles. The molecule has 2 heterocycles. The highest BCUT2D eigenvalue weighted by Crippen LogP contribution is 2.41. The summed E-state index contributed by atoms with van der Waals surface area (Å²) in [4.78, 5) is 16.7. The number of thiophene rings is 1. The van der Waals surface area contributed by atoms with E-state index in [0.29, 0.717) is 4.88 Å². The molecule has 1 aliphatic rings. The number of hydrogen-bond donors (Lipinski definition) is 1. The molecule has 0 bridgehead atoms. The fraction of sp³-hybridized carbons (Fsp3) is 0.227. The van der Waals surface area contributed by atoms with Crippen molar-refractivity contribution in [3.63, 3.8) is 0 Å². The van der Waals surface area contributed by atoms with Crippen LogP contribution in [-0.2, 0) is 6.42 Å². The third-order valence-electron chi connectivity index (χ3n) is 5.08. The van der Waals surface area contributed by atoms with Crippen molar-refractivity contribution in [2.24, 2.45) is 0 Å². The standard InChI is InChI=1S/C22H21FN2OS/c1-13-5-4-6-14(2)20(13)24-22(26)19-11-15-9-10-25(3)18-12-16(23)7-8-17(18)21(15)27-19/h4-8,11-12H,9-10H2,1-3H3,(H,24,26). The summed E-state index contributed by atoms with van der Waals surface area (Å²) in [5, 5.41) is 3.06. The number of fused-ring (bicyclic) bond motifs is 3. The monoisotopic (exact) mass is 380 g/mol. The van der Waals surface area contributed by atoms with Gasteiger partial charge in [-0.1, -0.05) is 18.2 Å². The van der Waals surface area contributed by atoms with Gasteiger partial charge in [0, 0.05) is 35.4 Å². The van der Waals surface area contributed by atoms with Crippen LogP contribution in [0.1, 0.15) is 26.4 Å². The quantitative estimate of drug-likeness (QED) is 0.644. The van der Waals surface area contributed by atoms with E-state index < -0.39 is 0 Å². The summed E-state index contributed by atoms with van der Waals surface area (Å²) in [7, 11) is 1.98. The number of nitrogens with one attached hydrogen (secondary N) is 1. The van der Waals surface area contributed by atoms with Crippen LogP contribution in [0.25, 0.3) is 10.4 Å². The zero-order chi connectivity index (χ0) is 19.1. The van der Waals surface area contributed by atoms with Crippen LogP contribution in [0.2, 0.25) is 0 Å². The van der Waals surface area contributed by atoms with Gasteiger partial charge in [0.1, 0.15) is 5.82 Å². The van der Waals surface area contributed by atoms with Crippen molar-refractivity contribution >= 4 is 28.6 Å². The summed E-state index contributed by atoms with van der Waals surface area (Å²) in [6, 6.07) is 12.8. The van der Waals surface area contributed by atoms with Gasteiger partial charge in [0.2, 0.25) is 0 Å². The van der Waals surface area contributed by atoms with Gasteiger partial charge in [-0.15, -0.1) is 11.3 Å². The highest BCUT2D eigenvalue weighted by Gasteiger charge is 2.23. The van der Waals surface area contributed by atoms with Crippen LogP contribution in [0.15, 0.2) is 42.5 Å². The van der Waals surface area contributed by atoms with Crippen LogP contribution in [0.3, 0.4) is 0 Å². The molecule has 138 valence electrons. The van der Waals surface area contributed by atoms with Gasteiger partial charge in [0.25, 0.3) is 5.91 Å². The minimum atomic E-state index is -0.242. The number of rotatable bonds is 2. The van der Waals surface area contributed by atoms with Crippen molar-refractivity contribution < 1.29 is 9.18 Å². The number of nitrogens with zero attached hydrogens (tertiary/aromatic N) is 1. The van der Waals surface area contributed by atoms with Gasteiger partial charge in [-0.25, -0.2) is 4.39 Å². The van der Waals surface area contributed by atoms with Crippen molar-refractivity contribution in [1.82, 2.24) is 0 Å². The molecule has 1 amide bonds. The molecule has 5 heteroatoms. The third kappa shape index (κ3) is 3.23. The Kier molecular flexibility index (Phi) is 4.48. The van der Waals surface area contributed by atoms with Crippen molar-refractivity contribution in [2.45, 2.75) is 20.3 Å². The number of amides is 1. The zero-order valence-corrected chi connectivity index (χ0v) is 16.4. The average Bonchev–Trinajstić information content (AvgIpc) is 3.02. The summed E-state index contributed by atoms with van der Waals surface area (Å²) in [5.74, 6) is -0.337. The number of hydrogen-bond acceptors (Lipinski definition) is 3. The summed E-state index contributed by atoms with van der Waals surface area (Å²) >= 11 is 1.48. The molecule has 0 atom stereocenters. The van der Waals surface area contributed by atoms with Gasteiger partial charge in [-0.2, -0.15) is 0 Å². The highest BCUT2D eigenvalue weighted by molar-refractivity contribution is 7.17. The molecule has 0 saturated carbocycles. The van der Waals surface area contributed by atoms with Crippen LogP contribution in [0.4, 0.5) is 15.8 Å². The summed E-state index contributed by atoms with van der Waals surface area (Å²) < 4.78 is 13.7. The van der Waals surface area contributed by atoms with Crippen LogP contribution in [0.5, 0.6) is 0 Å². The van der Waals surface area contributed by atoms with Gasteiger partial charge < -0.3 is 10.2 Å². The molecule has 0 saturated heterocycles. The number of carbonyl (C=O) groups is 1. The molecule has 3 aromatic rings. The van der Waals surface area contributed by atoms with Gasteiger partial charge in [0.15, 0.2) is 0 Å². The van der Waals surface area contributed by atoms with Crippen molar-refractivity contribution in [3.8, 4) is 10.4 Å². The molecule has 0 spiro atoms.